The van der Waals surface area contributed by atoms with Crippen molar-refractivity contribution in [3.05, 3.63) is 0 Å². The lowest BCUT2D eigenvalue weighted by atomic mass is 10.9. The molecule has 0 N–H and O–H groups in total. The molecular weight excluding hydrogens is 116 g/mol. The normalized spacial score (nSPS) is 12.0. The number of hydrogen-bond donors (Lipinski definition) is 0. The highest BCUT2D eigenvalue weighted by Gasteiger charge is 2.17. The second-order valence-electron chi connectivity index (χ2n) is 2.55. The Bertz CT molecular complexity index is 61.5. The molecule has 0 aliphatic carbocycles. The van der Waals surface area contributed by atoms with Crippen LogP contribution in [0.4, 0.5) is 0 Å². The smallest absolute Gasteiger partial charge is 0.186 e. The summed E-state index contributed by atoms with van der Waals surface area (Å²) in [5.41, 5.74) is 0. The van der Waals surface area contributed by atoms with Crippen LogP contribution in [0, 0.1) is 0 Å². The van der Waals surface area contributed by atoms with Crippen LogP contribution in [0.2, 0.25) is 19.1 Å². The molecule has 0 rings (SSSR count). The maximum atomic E-state index is 5.52. The Balaban J connectivity index is 3.37. The van der Waals surface area contributed by atoms with Gasteiger partial charge in [0.1, 0.15) is 0 Å². The predicted octanol–water partition coefficient (Wildman–Crippen LogP) is 2.25. The molecule has 0 saturated heterocycles. The minimum absolute atomic E-state index is 0.882. The van der Waals surface area contributed by atoms with Crippen LogP contribution in [0.3, 0.4) is 0 Å². The summed E-state index contributed by atoms with van der Waals surface area (Å²) >= 11 is 0. The van der Waals surface area contributed by atoms with Gasteiger partial charge in [-0.05, 0) is 26.1 Å². The molecule has 0 radical (unpaired) electrons. The van der Waals surface area contributed by atoms with E-state index >= 15 is 0 Å². The maximum absolute atomic E-state index is 5.52. The quantitative estimate of drug-likeness (QED) is 0.535. The molecule has 8 heavy (non-hydrogen) atoms. The molecule has 0 aromatic carbocycles. The Hall–Kier alpha value is 0.177. The van der Waals surface area contributed by atoms with Crippen molar-refractivity contribution in [3.8, 4) is 0 Å². The first-order valence-electron chi connectivity index (χ1n) is 3.26. The number of hydrogen-bond acceptors (Lipinski definition) is 1. The molecular formula is C6H16OSi. The first-order valence-corrected chi connectivity index (χ1v) is 6.38. The third-order valence-corrected chi connectivity index (χ3v) is 4.16. The van der Waals surface area contributed by atoms with Crippen molar-refractivity contribution in [2.45, 2.75) is 33.0 Å². The highest BCUT2D eigenvalue weighted by atomic mass is 28.4. The predicted molar refractivity (Wildman–Crippen MR) is 39.6 cm³/mol. The van der Waals surface area contributed by atoms with Gasteiger partial charge < -0.3 is 4.43 Å². The van der Waals surface area contributed by atoms with Gasteiger partial charge in [0.15, 0.2) is 8.32 Å². The second-order valence-corrected chi connectivity index (χ2v) is 7.06. The maximum Gasteiger partial charge on any atom is 0.186 e. The molecule has 1 nitrogen and oxygen atoms in total. The summed E-state index contributed by atoms with van der Waals surface area (Å²) in [5.74, 6) is 0. The lowest BCUT2D eigenvalue weighted by Gasteiger charge is -2.18. The van der Waals surface area contributed by atoms with Crippen LogP contribution in [0.5, 0.6) is 0 Å². The zero-order valence-corrected chi connectivity index (χ0v) is 7.32. The second kappa shape index (κ2) is 3.25. The first kappa shape index (κ1) is 8.18. The molecule has 0 heterocycles. The van der Waals surface area contributed by atoms with E-state index in [-0.39, 0.29) is 0 Å². The molecule has 0 aliphatic heterocycles. The first-order chi connectivity index (χ1) is 3.62. The van der Waals surface area contributed by atoms with E-state index in [0.29, 0.717) is 0 Å². The van der Waals surface area contributed by atoms with Crippen molar-refractivity contribution < 1.29 is 4.43 Å². The van der Waals surface area contributed by atoms with E-state index in [2.05, 4.69) is 26.9 Å². The van der Waals surface area contributed by atoms with Gasteiger partial charge in [-0.25, -0.2) is 0 Å². The summed E-state index contributed by atoms with van der Waals surface area (Å²) in [6.07, 6.45) is 0. The zero-order valence-electron chi connectivity index (χ0n) is 6.32. The van der Waals surface area contributed by atoms with Gasteiger partial charge in [0.05, 0.1) is 0 Å². The van der Waals surface area contributed by atoms with Gasteiger partial charge in [-0.15, -0.1) is 0 Å². The molecule has 0 atom stereocenters. The third-order valence-electron chi connectivity index (χ3n) is 1.39. The molecule has 0 bridgehead atoms. The SMILES string of the molecule is CCO[Si](C)(C)CC. The highest BCUT2D eigenvalue weighted by molar-refractivity contribution is 6.71. The van der Waals surface area contributed by atoms with Gasteiger partial charge in [0, 0.05) is 6.61 Å². The molecule has 0 aromatic heterocycles. The van der Waals surface area contributed by atoms with E-state index in [1.54, 1.807) is 0 Å². The Morgan fingerprint density at radius 2 is 1.75 bits per heavy atom. The summed E-state index contributed by atoms with van der Waals surface area (Å²) < 4.78 is 5.52. The van der Waals surface area contributed by atoms with Crippen LogP contribution < -0.4 is 0 Å². The Labute approximate surface area is 53.2 Å². The third kappa shape index (κ3) is 3.21. The summed E-state index contributed by atoms with van der Waals surface area (Å²) in [7, 11) is -1.18. The van der Waals surface area contributed by atoms with E-state index in [4.69, 9.17) is 4.43 Å². The van der Waals surface area contributed by atoms with Gasteiger partial charge in [0.25, 0.3) is 0 Å². The van der Waals surface area contributed by atoms with Crippen molar-refractivity contribution in [3.63, 3.8) is 0 Å². The van der Waals surface area contributed by atoms with Crippen LogP contribution in [0.1, 0.15) is 13.8 Å². The summed E-state index contributed by atoms with van der Waals surface area (Å²) in [4.78, 5) is 0. The van der Waals surface area contributed by atoms with E-state index in [1.165, 1.54) is 6.04 Å². The van der Waals surface area contributed by atoms with Gasteiger partial charge in [-0.2, -0.15) is 0 Å². The fourth-order valence-corrected chi connectivity index (χ4v) is 1.48. The minimum atomic E-state index is -1.18. The fraction of sp³-hybridized carbons (Fsp3) is 1.00. The molecule has 0 amide bonds. The summed E-state index contributed by atoms with van der Waals surface area (Å²) in [6, 6.07) is 1.22. The molecule has 0 unspecified atom stereocenters. The monoisotopic (exact) mass is 132 g/mol. The zero-order chi connectivity index (χ0) is 6.62. The van der Waals surface area contributed by atoms with Crippen LogP contribution >= 0.6 is 0 Å². The van der Waals surface area contributed by atoms with Gasteiger partial charge in [-0.3, -0.25) is 0 Å². The molecule has 0 saturated carbocycles. The van der Waals surface area contributed by atoms with E-state index in [9.17, 15) is 0 Å². The highest BCUT2D eigenvalue weighted by Crippen LogP contribution is 2.08. The standard InChI is InChI=1S/C6H16OSi/c1-5-7-8(3,4)6-2/h5-6H2,1-4H3. The Kier molecular flexibility index (Phi) is 3.32. The Morgan fingerprint density at radius 1 is 1.25 bits per heavy atom. The van der Waals surface area contributed by atoms with Crippen molar-refractivity contribution in [2.75, 3.05) is 6.61 Å². The van der Waals surface area contributed by atoms with Gasteiger partial charge in [-0.1, -0.05) is 6.92 Å². The average molecular weight is 132 g/mol. The Morgan fingerprint density at radius 3 is 1.88 bits per heavy atom. The molecule has 0 aliphatic rings. The molecule has 50 valence electrons. The van der Waals surface area contributed by atoms with Gasteiger partial charge >= 0.3 is 0 Å². The minimum Gasteiger partial charge on any atom is -0.418 e. The fourth-order valence-electron chi connectivity index (χ4n) is 0.493. The van der Waals surface area contributed by atoms with Crippen molar-refractivity contribution in [1.82, 2.24) is 0 Å². The van der Waals surface area contributed by atoms with Crippen molar-refractivity contribution >= 4 is 8.32 Å². The number of rotatable bonds is 3. The van der Waals surface area contributed by atoms with Crippen molar-refractivity contribution in [2.24, 2.45) is 0 Å². The van der Waals surface area contributed by atoms with Gasteiger partial charge in [0.2, 0.25) is 0 Å². The van der Waals surface area contributed by atoms with Crippen LogP contribution in [-0.2, 0) is 4.43 Å². The largest absolute Gasteiger partial charge is 0.418 e. The summed E-state index contributed by atoms with van der Waals surface area (Å²) in [5, 5.41) is 0. The van der Waals surface area contributed by atoms with E-state index in [1.807, 2.05) is 0 Å². The van der Waals surface area contributed by atoms with E-state index in [0.717, 1.165) is 6.61 Å². The van der Waals surface area contributed by atoms with Crippen LogP contribution in [0.15, 0.2) is 0 Å². The topological polar surface area (TPSA) is 9.23 Å². The lowest BCUT2D eigenvalue weighted by Crippen LogP contribution is -2.28. The van der Waals surface area contributed by atoms with Crippen molar-refractivity contribution in [1.29, 1.82) is 0 Å². The molecule has 2 heteroatoms. The molecule has 0 aromatic rings. The van der Waals surface area contributed by atoms with E-state index < -0.39 is 8.32 Å². The molecule has 0 spiro atoms. The van der Waals surface area contributed by atoms with Crippen LogP contribution in [-0.4, -0.2) is 14.9 Å². The van der Waals surface area contributed by atoms with Crippen LogP contribution in [0.25, 0.3) is 0 Å². The summed E-state index contributed by atoms with van der Waals surface area (Å²) in [6.45, 7) is 9.63. The molecule has 0 fully saturated rings. The average Bonchev–Trinajstić information content (AvgIpc) is 1.67. The lowest BCUT2D eigenvalue weighted by molar-refractivity contribution is 0.330.